The zero-order chi connectivity index (χ0) is 21.7. The Hall–Kier alpha value is -2.57. The van der Waals surface area contributed by atoms with Gasteiger partial charge in [0.2, 0.25) is 12.7 Å². The second-order valence-electron chi connectivity index (χ2n) is 7.09. The van der Waals surface area contributed by atoms with Crippen LogP contribution in [-0.4, -0.2) is 17.7 Å². The van der Waals surface area contributed by atoms with Gasteiger partial charge in [-0.25, -0.2) is 4.98 Å². The second kappa shape index (κ2) is 9.49. The van der Waals surface area contributed by atoms with E-state index in [2.05, 4.69) is 16.9 Å². The lowest BCUT2D eigenvalue weighted by Crippen LogP contribution is -2.37. The van der Waals surface area contributed by atoms with Gasteiger partial charge in [0.25, 0.3) is 0 Å². The fourth-order valence-corrected chi connectivity index (χ4v) is 4.12. The molecule has 30 heavy (non-hydrogen) atoms. The van der Waals surface area contributed by atoms with Gasteiger partial charge in [0.1, 0.15) is 0 Å². The van der Waals surface area contributed by atoms with E-state index in [0.29, 0.717) is 34.5 Å². The van der Waals surface area contributed by atoms with E-state index in [0.717, 1.165) is 16.0 Å². The molecule has 5 nitrogen and oxygen atoms in total. The molecule has 1 aliphatic heterocycles. The van der Waals surface area contributed by atoms with Gasteiger partial charge in [-0.3, -0.25) is 4.79 Å². The molecule has 2 heterocycles. The highest BCUT2D eigenvalue weighted by molar-refractivity contribution is 7.15. The Labute approximate surface area is 186 Å². The van der Waals surface area contributed by atoms with E-state index in [1.807, 2.05) is 51.1 Å². The van der Waals surface area contributed by atoms with Gasteiger partial charge >= 0.3 is 0 Å². The van der Waals surface area contributed by atoms with Crippen molar-refractivity contribution in [2.45, 2.75) is 39.0 Å². The number of fused-ring (bicyclic) bond motifs is 1. The summed E-state index contributed by atoms with van der Waals surface area (Å²) in [5.41, 5.74) is 1.10. The van der Waals surface area contributed by atoms with Gasteiger partial charge in [-0.15, -0.1) is 11.3 Å². The number of halogens is 1. The lowest BCUT2D eigenvalue weighted by Gasteiger charge is -2.27. The number of nitrogens with one attached hydrogen (secondary N) is 1. The summed E-state index contributed by atoms with van der Waals surface area (Å²) in [5, 5.41) is 4.14. The van der Waals surface area contributed by atoms with Crippen molar-refractivity contribution in [3.8, 4) is 11.5 Å². The van der Waals surface area contributed by atoms with Crippen molar-refractivity contribution in [2.24, 2.45) is 0 Å². The number of allylic oxidation sites excluding steroid dienone is 5. The molecule has 0 fully saturated rings. The highest BCUT2D eigenvalue weighted by atomic mass is 35.5. The van der Waals surface area contributed by atoms with Crippen LogP contribution in [0.25, 0.3) is 0 Å². The fraction of sp³-hybridized carbons (Fsp3) is 0.304. The molecule has 2 aromatic rings. The molecule has 0 radical (unpaired) electrons. The number of benzene rings is 1. The van der Waals surface area contributed by atoms with Crippen molar-refractivity contribution >= 4 is 34.0 Å². The first kappa shape index (κ1) is 22.1. The van der Waals surface area contributed by atoms with Crippen LogP contribution < -0.4 is 14.8 Å². The Balaban J connectivity index is 1.77. The number of hydrogen-bond donors (Lipinski definition) is 1. The number of ether oxygens (including phenoxy) is 2. The van der Waals surface area contributed by atoms with Gasteiger partial charge in [0, 0.05) is 22.5 Å². The third-order valence-corrected chi connectivity index (χ3v) is 6.52. The highest BCUT2D eigenvalue weighted by Crippen LogP contribution is 2.38. The summed E-state index contributed by atoms with van der Waals surface area (Å²) in [6.45, 7) is 9.78. The predicted molar refractivity (Wildman–Crippen MR) is 123 cm³/mol. The second-order valence-corrected chi connectivity index (χ2v) is 8.62. The summed E-state index contributed by atoms with van der Waals surface area (Å²) < 4.78 is 10.9. The van der Waals surface area contributed by atoms with Crippen LogP contribution in [0.15, 0.2) is 59.8 Å². The summed E-state index contributed by atoms with van der Waals surface area (Å²) in [5.74, 6) is 1.25. The monoisotopic (exact) mass is 444 g/mol. The first-order chi connectivity index (χ1) is 14.4. The number of nitrogens with zero attached hydrogens (tertiary/aromatic N) is 1. The van der Waals surface area contributed by atoms with Gasteiger partial charge in [-0.05, 0) is 43.5 Å². The minimum absolute atomic E-state index is 0.113. The minimum atomic E-state index is -0.727. The number of hydrogen-bond acceptors (Lipinski definition) is 5. The van der Waals surface area contributed by atoms with Gasteiger partial charge < -0.3 is 14.8 Å². The molecule has 0 saturated carbocycles. The number of rotatable bonds is 8. The first-order valence-corrected chi connectivity index (χ1v) is 10.9. The van der Waals surface area contributed by atoms with Crippen LogP contribution in [0.1, 0.15) is 37.6 Å². The minimum Gasteiger partial charge on any atom is -0.454 e. The van der Waals surface area contributed by atoms with Crippen LogP contribution in [0.2, 0.25) is 0 Å². The average Bonchev–Trinajstić information content (AvgIpc) is 3.40. The Morgan fingerprint density at radius 3 is 2.87 bits per heavy atom. The molecular weight excluding hydrogens is 420 g/mol. The van der Waals surface area contributed by atoms with Crippen LogP contribution >= 0.6 is 22.9 Å². The van der Waals surface area contributed by atoms with E-state index >= 15 is 0 Å². The number of carbonyl (C=O) groups excluding carboxylic acids is 1. The molecule has 0 bridgehead atoms. The van der Waals surface area contributed by atoms with Gasteiger partial charge in [0.15, 0.2) is 16.6 Å². The third-order valence-electron chi connectivity index (χ3n) is 5.21. The van der Waals surface area contributed by atoms with E-state index in [1.54, 1.807) is 12.3 Å². The molecule has 1 unspecified atom stereocenters. The molecule has 1 aromatic carbocycles. The summed E-state index contributed by atoms with van der Waals surface area (Å²) in [7, 11) is 0. The number of aromatic nitrogens is 1. The molecule has 0 spiro atoms. The Morgan fingerprint density at radius 2 is 2.17 bits per heavy atom. The lowest BCUT2D eigenvalue weighted by atomic mass is 9.79. The highest BCUT2D eigenvalue weighted by Gasteiger charge is 2.35. The number of amides is 1. The molecule has 3 rings (SSSR count). The summed E-state index contributed by atoms with van der Waals surface area (Å²) in [6.07, 6.45) is 8.52. The largest absolute Gasteiger partial charge is 0.454 e. The van der Waals surface area contributed by atoms with Crippen LogP contribution in [0, 0.1) is 0 Å². The number of thiazole rings is 1. The standard InChI is InChI=1S/C23H25ClN2O3S/c1-5-8-15(18(24)6-2)11-17-13-25-22(30-17)26-21(27)23(4,7-3)16-9-10-19-20(12-16)29-14-28-19/h5-6,8-10,12-13H,2,7,11,14H2,1,3-4H3,(H,25,26,27)/b8-5-,18-15-. The van der Waals surface area contributed by atoms with Crippen LogP contribution in [0.4, 0.5) is 5.13 Å². The first-order valence-electron chi connectivity index (χ1n) is 9.71. The Bertz CT molecular complexity index is 1010. The summed E-state index contributed by atoms with van der Waals surface area (Å²) >= 11 is 7.68. The van der Waals surface area contributed by atoms with Crippen molar-refractivity contribution in [1.82, 2.24) is 4.98 Å². The van der Waals surface area contributed by atoms with Crippen molar-refractivity contribution in [3.05, 3.63) is 70.2 Å². The third kappa shape index (κ3) is 4.60. The maximum absolute atomic E-state index is 13.2. The maximum Gasteiger partial charge on any atom is 0.236 e. The maximum atomic E-state index is 13.2. The molecular formula is C23H25ClN2O3S. The van der Waals surface area contributed by atoms with Gasteiger partial charge in [-0.1, -0.05) is 49.4 Å². The number of carbonyl (C=O) groups is 1. The van der Waals surface area contributed by atoms with E-state index in [1.165, 1.54) is 11.3 Å². The number of anilines is 1. The molecule has 1 N–H and O–H groups in total. The zero-order valence-corrected chi connectivity index (χ0v) is 18.9. The van der Waals surface area contributed by atoms with E-state index < -0.39 is 5.41 Å². The fourth-order valence-electron chi connectivity index (χ4n) is 3.16. The lowest BCUT2D eigenvalue weighted by molar-refractivity contribution is -0.121. The van der Waals surface area contributed by atoms with E-state index in [-0.39, 0.29) is 12.7 Å². The Kier molecular flexibility index (Phi) is 7.00. The van der Waals surface area contributed by atoms with Gasteiger partial charge in [0.05, 0.1) is 5.41 Å². The molecule has 0 saturated heterocycles. The van der Waals surface area contributed by atoms with E-state index in [4.69, 9.17) is 21.1 Å². The van der Waals surface area contributed by atoms with Crippen molar-refractivity contribution in [3.63, 3.8) is 0 Å². The normalized spacial score (nSPS) is 15.6. The molecule has 1 aliphatic rings. The molecule has 1 aromatic heterocycles. The predicted octanol–water partition coefficient (Wildman–Crippen LogP) is 5.98. The van der Waals surface area contributed by atoms with Crippen molar-refractivity contribution in [1.29, 1.82) is 0 Å². The average molecular weight is 445 g/mol. The zero-order valence-electron chi connectivity index (χ0n) is 17.3. The van der Waals surface area contributed by atoms with Crippen LogP contribution in [-0.2, 0) is 16.6 Å². The quantitative estimate of drug-likeness (QED) is 0.509. The molecule has 0 aliphatic carbocycles. The molecule has 1 amide bonds. The van der Waals surface area contributed by atoms with Crippen LogP contribution in [0.3, 0.4) is 0 Å². The van der Waals surface area contributed by atoms with Crippen molar-refractivity contribution in [2.75, 3.05) is 12.1 Å². The Morgan fingerprint density at radius 1 is 1.40 bits per heavy atom. The van der Waals surface area contributed by atoms with Crippen molar-refractivity contribution < 1.29 is 14.3 Å². The SMILES string of the molecule is C=C/C(Cl)=C(\C=C/C)Cc1cnc(NC(=O)C(C)(CC)c2ccc3c(c2)OCO3)s1. The smallest absolute Gasteiger partial charge is 0.236 e. The van der Waals surface area contributed by atoms with E-state index in [9.17, 15) is 4.79 Å². The topological polar surface area (TPSA) is 60.5 Å². The summed E-state index contributed by atoms with van der Waals surface area (Å²) in [4.78, 5) is 18.6. The van der Waals surface area contributed by atoms with Crippen LogP contribution in [0.5, 0.6) is 11.5 Å². The van der Waals surface area contributed by atoms with Gasteiger partial charge in [-0.2, -0.15) is 0 Å². The summed E-state index contributed by atoms with van der Waals surface area (Å²) in [6, 6.07) is 5.64. The molecule has 1 atom stereocenters. The molecule has 158 valence electrons. The molecule has 7 heteroatoms.